The zero-order chi connectivity index (χ0) is 14.9. The number of hydrogen-bond acceptors (Lipinski definition) is 4. The highest BCUT2D eigenvalue weighted by Gasteiger charge is 2.13. The molecule has 0 saturated carbocycles. The van der Waals surface area contributed by atoms with Crippen LogP contribution in [-0.2, 0) is 6.54 Å². The van der Waals surface area contributed by atoms with Gasteiger partial charge in [-0.15, -0.1) is 0 Å². The summed E-state index contributed by atoms with van der Waals surface area (Å²) in [5.41, 5.74) is 7.89. The van der Waals surface area contributed by atoms with E-state index in [1.807, 2.05) is 6.92 Å². The van der Waals surface area contributed by atoms with Crippen LogP contribution in [0.1, 0.15) is 27.4 Å². The van der Waals surface area contributed by atoms with Crippen molar-refractivity contribution in [2.45, 2.75) is 20.4 Å². The Kier molecular flexibility index (Phi) is 4.20. The molecule has 0 radical (unpaired) electrons. The third-order valence-electron chi connectivity index (χ3n) is 2.93. The van der Waals surface area contributed by atoms with E-state index < -0.39 is 0 Å². The highest BCUT2D eigenvalue weighted by atomic mass is 35.5. The maximum Gasteiger partial charge on any atom is 0.251 e. The van der Waals surface area contributed by atoms with E-state index in [4.69, 9.17) is 33.5 Å². The summed E-state index contributed by atoms with van der Waals surface area (Å²) in [7, 11) is 0. The van der Waals surface area contributed by atoms with Crippen LogP contribution in [0.3, 0.4) is 0 Å². The second-order valence-corrected chi connectivity index (χ2v) is 5.13. The molecule has 0 unspecified atom stereocenters. The van der Waals surface area contributed by atoms with Crippen LogP contribution in [0.5, 0.6) is 0 Å². The minimum absolute atomic E-state index is 0.244. The van der Waals surface area contributed by atoms with Gasteiger partial charge in [0.2, 0.25) is 0 Å². The Bertz CT molecular complexity index is 625. The number of hydrogen-bond donors (Lipinski definition) is 2. The summed E-state index contributed by atoms with van der Waals surface area (Å²) >= 11 is 11.7. The van der Waals surface area contributed by atoms with E-state index in [0.717, 1.165) is 11.3 Å². The molecule has 1 amide bonds. The van der Waals surface area contributed by atoms with Crippen molar-refractivity contribution in [1.82, 2.24) is 10.5 Å². The molecule has 1 aromatic heterocycles. The fraction of sp³-hybridized carbons (Fsp3) is 0.231. The minimum Gasteiger partial charge on any atom is -0.397 e. The smallest absolute Gasteiger partial charge is 0.251 e. The van der Waals surface area contributed by atoms with Gasteiger partial charge in [-0.2, -0.15) is 0 Å². The Morgan fingerprint density at radius 1 is 1.40 bits per heavy atom. The summed E-state index contributed by atoms with van der Waals surface area (Å²) in [4.78, 5) is 12.1. The van der Waals surface area contributed by atoms with Gasteiger partial charge in [0.1, 0.15) is 5.76 Å². The van der Waals surface area contributed by atoms with Crippen LogP contribution in [0.25, 0.3) is 0 Å². The number of anilines is 1. The van der Waals surface area contributed by atoms with E-state index in [2.05, 4.69) is 10.5 Å². The van der Waals surface area contributed by atoms with Crippen molar-refractivity contribution in [3.63, 3.8) is 0 Å². The van der Waals surface area contributed by atoms with Gasteiger partial charge in [0.05, 0.1) is 21.4 Å². The maximum absolute atomic E-state index is 12.1. The Hall–Kier alpha value is -1.72. The summed E-state index contributed by atoms with van der Waals surface area (Å²) < 4.78 is 5.03. The number of nitrogens with one attached hydrogen (secondary N) is 1. The SMILES string of the molecule is Cc1noc(C)c1CNC(=O)c1cc(N)c(Cl)c(Cl)c1. The lowest BCUT2D eigenvalue weighted by Crippen LogP contribution is -2.23. The molecule has 0 atom stereocenters. The van der Waals surface area contributed by atoms with Crippen LogP contribution in [0.2, 0.25) is 10.0 Å². The Labute approximate surface area is 126 Å². The van der Waals surface area contributed by atoms with Gasteiger partial charge in [-0.1, -0.05) is 28.4 Å². The lowest BCUT2D eigenvalue weighted by atomic mass is 10.1. The number of carbonyl (C=O) groups is 1. The molecule has 5 nitrogen and oxygen atoms in total. The number of aromatic nitrogens is 1. The Morgan fingerprint density at radius 2 is 2.10 bits per heavy atom. The largest absolute Gasteiger partial charge is 0.397 e. The second-order valence-electron chi connectivity index (χ2n) is 4.35. The normalized spacial score (nSPS) is 10.6. The van der Waals surface area contributed by atoms with E-state index in [1.165, 1.54) is 12.1 Å². The van der Waals surface area contributed by atoms with Crippen LogP contribution >= 0.6 is 23.2 Å². The molecule has 2 aromatic rings. The predicted molar refractivity (Wildman–Crippen MR) is 78.0 cm³/mol. The molecule has 1 aromatic carbocycles. The molecule has 2 rings (SSSR count). The standard InChI is InChI=1S/C13H13Cl2N3O2/c1-6-9(7(2)20-18-6)5-17-13(19)8-3-10(14)12(15)11(16)4-8/h3-4H,5,16H2,1-2H3,(H,17,19). The first kappa shape index (κ1) is 14.7. The van der Waals surface area contributed by atoms with Crippen molar-refractivity contribution >= 4 is 34.8 Å². The first-order valence-electron chi connectivity index (χ1n) is 5.84. The summed E-state index contributed by atoms with van der Waals surface area (Å²) in [5.74, 6) is 0.381. The van der Waals surface area contributed by atoms with Crippen LogP contribution < -0.4 is 11.1 Å². The molecule has 0 saturated heterocycles. The van der Waals surface area contributed by atoms with Crippen molar-refractivity contribution in [2.24, 2.45) is 0 Å². The Morgan fingerprint density at radius 3 is 2.65 bits per heavy atom. The Balaban J connectivity index is 2.13. The molecule has 0 aliphatic heterocycles. The molecule has 20 heavy (non-hydrogen) atoms. The van der Waals surface area contributed by atoms with Crippen LogP contribution in [0.4, 0.5) is 5.69 Å². The van der Waals surface area contributed by atoms with Crippen LogP contribution in [-0.4, -0.2) is 11.1 Å². The number of carbonyl (C=O) groups excluding carboxylic acids is 1. The molecule has 3 N–H and O–H groups in total. The van der Waals surface area contributed by atoms with Crippen molar-refractivity contribution in [2.75, 3.05) is 5.73 Å². The van der Waals surface area contributed by atoms with E-state index in [0.29, 0.717) is 17.9 Å². The molecule has 0 bridgehead atoms. The third kappa shape index (κ3) is 2.89. The number of halogens is 2. The third-order valence-corrected chi connectivity index (χ3v) is 3.74. The lowest BCUT2D eigenvalue weighted by molar-refractivity contribution is 0.0951. The summed E-state index contributed by atoms with van der Waals surface area (Å²) in [6.07, 6.45) is 0. The number of nitrogen functional groups attached to an aromatic ring is 1. The minimum atomic E-state index is -0.296. The molecular weight excluding hydrogens is 301 g/mol. The van der Waals surface area contributed by atoms with Gasteiger partial charge in [-0.25, -0.2) is 0 Å². The molecule has 0 spiro atoms. The first-order valence-corrected chi connectivity index (χ1v) is 6.60. The molecule has 1 heterocycles. The van der Waals surface area contributed by atoms with Gasteiger partial charge in [0.15, 0.2) is 0 Å². The molecule has 106 valence electrons. The number of benzene rings is 1. The van der Waals surface area contributed by atoms with Gasteiger partial charge in [0.25, 0.3) is 5.91 Å². The fourth-order valence-corrected chi connectivity index (χ4v) is 2.10. The monoisotopic (exact) mass is 313 g/mol. The highest BCUT2D eigenvalue weighted by molar-refractivity contribution is 6.43. The molecule has 0 aliphatic carbocycles. The van der Waals surface area contributed by atoms with Crippen LogP contribution in [0.15, 0.2) is 16.7 Å². The molecule has 0 aliphatic rings. The average molecular weight is 314 g/mol. The second kappa shape index (κ2) is 5.73. The maximum atomic E-state index is 12.1. The summed E-state index contributed by atoms with van der Waals surface area (Å²) in [6, 6.07) is 2.96. The van der Waals surface area contributed by atoms with Crippen molar-refractivity contribution in [3.05, 3.63) is 44.8 Å². The number of aryl methyl sites for hydroxylation is 2. The van der Waals surface area contributed by atoms with Crippen molar-refractivity contribution in [1.29, 1.82) is 0 Å². The topological polar surface area (TPSA) is 81.2 Å². The van der Waals surface area contributed by atoms with E-state index in [1.54, 1.807) is 6.92 Å². The molecular formula is C13H13Cl2N3O2. The molecule has 0 fully saturated rings. The zero-order valence-corrected chi connectivity index (χ0v) is 12.5. The lowest BCUT2D eigenvalue weighted by Gasteiger charge is -2.07. The summed E-state index contributed by atoms with van der Waals surface area (Å²) in [6.45, 7) is 3.92. The summed E-state index contributed by atoms with van der Waals surface area (Å²) in [5, 5.41) is 7.07. The van der Waals surface area contributed by atoms with Gasteiger partial charge < -0.3 is 15.6 Å². The van der Waals surface area contributed by atoms with Gasteiger partial charge in [-0.3, -0.25) is 4.79 Å². The first-order chi connectivity index (χ1) is 9.40. The average Bonchev–Trinajstić information content (AvgIpc) is 2.72. The fourth-order valence-electron chi connectivity index (χ4n) is 1.77. The number of nitrogens with two attached hydrogens (primary N) is 1. The number of nitrogens with zero attached hydrogens (tertiary/aromatic N) is 1. The van der Waals surface area contributed by atoms with Gasteiger partial charge in [0, 0.05) is 17.7 Å². The van der Waals surface area contributed by atoms with Gasteiger partial charge >= 0.3 is 0 Å². The highest BCUT2D eigenvalue weighted by Crippen LogP contribution is 2.29. The van der Waals surface area contributed by atoms with E-state index >= 15 is 0 Å². The van der Waals surface area contributed by atoms with Crippen molar-refractivity contribution in [3.8, 4) is 0 Å². The van der Waals surface area contributed by atoms with Crippen LogP contribution in [0, 0.1) is 13.8 Å². The molecule has 7 heteroatoms. The van der Waals surface area contributed by atoms with E-state index in [9.17, 15) is 4.79 Å². The number of amides is 1. The predicted octanol–water partition coefficient (Wildman–Crippen LogP) is 3.11. The van der Waals surface area contributed by atoms with Gasteiger partial charge in [-0.05, 0) is 26.0 Å². The van der Waals surface area contributed by atoms with E-state index in [-0.39, 0.29) is 21.6 Å². The quantitative estimate of drug-likeness (QED) is 0.853. The zero-order valence-electron chi connectivity index (χ0n) is 11.0. The van der Waals surface area contributed by atoms with Crippen molar-refractivity contribution < 1.29 is 9.32 Å². The number of rotatable bonds is 3.